The van der Waals surface area contributed by atoms with Gasteiger partial charge in [0.1, 0.15) is 0 Å². The Balaban J connectivity index is 3.09. The highest BCUT2D eigenvalue weighted by Gasteiger charge is 2.06. The molecule has 1 atom stereocenters. The van der Waals surface area contributed by atoms with Gasteiger partial charge in [0.2, 0.25) is 0 Å². The third-order valence-corrected chi connectivity index (χ3v) is 2.51. The summed E-state index contributed by atoms with van der Waals surface area (Å²) in [5.41, 5.74) is 7.35. The molecule has 0 aliphatic heterocycles. The molecule has 3 heteroatoms. The van der Waals surface area contributed by atoms with E-state index in [-0.39, 0.29) is 11.6 Å². The molecular formula is C11H18N2O. The molecule has 2 N–H and O–H groups in total. The van der Waals surface area contributed by atoms with Gasteiger partial charge in [0.05, 0.1) is 5.69 Å². The molecule has 3 nitrogen and oxygen atoms in total. The minimum absolute atomic E-state index is 0.0395. The quantitative estimate of drug-likeness (QED) is 0.801. The van der Waals surface area contributed by atoms with E-state index >= 15 is 0 Å². The number of hydrogen-bond donors (Lipinski definition) is 1. The molecule has 0 aliphatic carbocycles. The van der Waals surface area contributed by atoms with E-state index in [4.69, 9.17) is 5.73 Å². The fraction of sp³-hybridized carbons (Fsp3) is 0.545. The summed E-state index contributed by atoms with van der Waals surface area (Å²) in [4.78, 5) is 11.6. The van der Waals surface area contributed by atoms with Crippen molar-refractivity contribution in [2.75, 3.05) is 5.73 Å². The summed E-state index contributed by atoms with van der Waals surface area (Å²) in [6.07, 6.45) is 3.82. The summed E-state index contributed by atoms with van der Waals surface area (Å²) < 4.78 is 1.71. The van der Waals surface area contributed by atoms with Crippen LogP contribution in [0.5, 0.6) is 0 Å². The van der Waals surface area contributed by atoms with Crippen LogP contribution in [0.1, 0.15) is 38.3 Å². The molecule has 1 unspecified atom stereocenters. The maximum absolute atomic E-state index is 11.6. The fourth-order valence-corrected chi connectivity index (χ4v) is 1.56. The molecule has 1 rings (SSSR count). The average Bonchev–Trinajstić information content (AvgIpc) is 2.11. The smallest absolute Gasteiger partial charge is 0.251 e. The van der Waals surface area contributed by atoms with Crippen molar-refractivity contribution in [3.05, 3.63) is 28.2 Å². The number of aryl methyl sites for hydroxylation is 1. The number of anilines is 1. The number of nitrogens with zero attached hydrogens (tertiary/aromatic N) is 1. The van der Waals surface area contributed by atoms with Crippen LogP contribution in [0.2, 0.25) is 0 Å². The van der Waals surface area contributed by atoms with Crippen molar-refractivity contribution in [3.8, 4) is 0 Å². The number of pyridine rings is 1. The Morgan fingerprint density at radius 2 is 2.21 bits per heavy atom. The second kappa shape index (κ2) is 4.31. The first-order valence-corrected chi connectivity index (χ1v) is 5.04. The maximum atomic E-state index is 11.6. The maximum Gasteiger partial charge on any atom is 0.251 e. The van der Waals surface area contributed by atoms with Gasteiger partial charge in [-0.05, 0) is 25.8 Å². The van der Waals surface area contributed by atoms with Gasteiger partial charge in [-0.25, -0.2) is 0 Å². The van der Waals surface area contributed by atoms with Gasteiger partial charge in [0.25, 0.3) is 5.56 Å². The van der Waals surface area contributed by atoms with Crippen LogP contribution in [0.15, 0.2) is 17.1 Å². The number of rotatable bonds is 3. The van der Waals surface area contributed by atoms with Crippen LogP contribution in [-0.4, -0.2) is 4.57 Å². The highest BCUT2D eigenvalue weighted by Crippen LogP contribution is 2.13. The molecule has 0 bridgehead atoms. The summed E-state index contributed by atoms with van der Waals surface area (Å²) in [5, 5.41) is 0. The Labute approximate surface area is 84.6 Å². The van der Waals surface area contributed by atoms with Gasteiger partial charge < -0.3 is 10.3 Å². The zero-order valence-electron chi connectivity index (χ0n) is 9.08. The molecule has 0 fully saturated rings. The van der Waals surface area contributed by atoms with E-state index in [0.29, 0.717) is 5.69 Å². The van der Waals surface area contributed by atoms with Gasteiger partial charge in [0.15, 0.2) is 0 Å². The molecule has 0 saturated heterocycles. The molecule has 0 saturated carbocycles. The third kappa shape index (κ3) is 2.16. The minimum atomic E-state index is 0.0395. The molecule has 78 valence electrons. The molecule has 1 aromatic rings. The van der Waals surface area contributed by atoms with Crippen molar-refractivity contribution < 1.29 is 0 Å². The van der Waals surface area contributed by atoms with Crippen LogP contribution >= 0.6 is 0 Å². The second-order valence-electron chi connectivity index (χ2n) is 3.79. The third-order valence-electron chi connectivity index (χ3n) is 2.51. The van der Waals surface area contributed by atoms with E-state index in [9.17, 15) is 4.79 Å². The predicted molar refractivity (Wildman–Crippen MR) is 59.5 cm³/mol. The van der Waals surface area contributed by atoms with Gasteiger partial charge >= 0.3 is 0 Å². The van der Waals surface area contributed by atoms with Gasteiger partial charge in [-0.2, -0.15) is 0 Å². The van der Waals surface area contributed by atoms with Crippen LogP contribution in [0, 0.1) is 6.92 Å². The number of aromatic nitrogens is 1. The van der Waals surface area contributed by atoms with E-state index in [0.717, 1.165) is 18.4 Å². The lowest BCUT2D eigenvalue weighted by Gasteiger charge is -2.15. The monoisotopic (exact) mass is 194 g/mol. The molecule has 0 radical (unpaired) electrons. The van der Waals surface area contributed by atoms with Crippen LogP contribution < -0.4 is 11.3 Å². The lowest BCUT2D eigenvalue weighted by Crippen LogP contribution is -2.23. The van der Waals surface area contributed by atoms with Crippen LogP contribution in [0.3, 0.4) is 0 Å². The largest absolute Gasteiger partial charge is 0.397 e. The van der Waals surface area contributed by atoms with E-state index < -0.39 is 0 Å². The zero-order valence-corrected chi connectivity index (χ0v) is 9.08. The van der Waals surface area contributed by atoms with E-state index in [1.54, 1.807) is 16.8 Å². The molecule has 1 heterocycles. The summed E-state index contributed by atoms with van der Waals surface area (Å²) >= 11 is 0. The summed E-state index contributed by atoms with van der Waals surface area (Å²) in [5.74, 6) is 0. The standard InChI is InChI=1S/C11H18N2O/c1-4-5-9(3)13-7-10(12)8(2)6-11(13)14/h6-7,9H,4-5,12H2,1-3H3. The van der Waals surface area contributed by atoms with Crippen LogP contribution in [0.4, 0.5) is 5.69 Å². The summed E-state index contributed by atoms with van der Waals surface area (Å²) in [7, 11) is 0. The Hall–Kier alpha value is -1.25. The van der Waals surface area contributed by atoms with Crippen LogP contribution in [0.25, 0.3) is 0 Å². The lowest BCUT2D eigenvalue weighted by molar-refractivity contribution is 0.487. The molecule has 14 heavy (non-hydrogen) atoms. The van der Waals surface area contributed by atoms with Crippen molar-refractivity contribution in [1.29, 1.82) is 0 Å². The molecule has 1 aromatic heterocycles. The lowest BCUT2D eigenvalue weighted by atomic mass is 10.1. The first-order chi connectivity index (χ1) is 6.56. The Morgan fingerprint density at radius 3 is 2.79 bits per heavy atom. The van der Waals surface area contributed by atoms with Crippen molar-refractivity contribution in [3.63, 3.8) is 0 Å². The van der Waals surface area contributed by atoms with E-state index in [1.807, 2.05) is 13.8 Å². The van der Waals surface area contributed by atoms with Gasteiger partial charge in [-0.1, -0.05) is 13.3 Å². The zero-order chi connectivity index (χ0) is 10.7. The topological polar surface area (TPSA) is 48.0 Å². The Morgan fingerprint density at radius 1 is 1.57 bits per heavy atom. The first-order valence-electron chi connectivity index (χ1n) is 5.04. The van der Waals surface area contributed by atoms with Crippen molar-refractivity contribution in [2.24, 2.45) is 0 Å². The number of nitrogen functional groups attached to an aromatic ring is 1. The normalized spacial score (nSPS) is 12.8. The molecule has 0 aromatic carbocycles. The summed E-state index contributed by atoms with van der Waals surface area (Å²) in [6.45, 7) is 6.00. The number of nitrogens with two attached hydrogens (primary N) is 1. The second-order valence-corrected chi connectivity index (χ2v) is 3.79. The first kappa shape index (κ1) is 10.8. The van der Waals surface area contributed by atoms with Gasteiger partial charge in [0, 0.05) is 18.3 Å². The minimum Gasteiger partial charge on any atom is -0.397 e. The van der Waals surface area contributed by atoms with Crippen molar-refractivity contribution in [1.82, 2.24) is 4.57 Å². The van der Waals surface area contributed by atoms with Gasteiger partial charge in [-0.15, -0.1) is 0 Å². The highest BCUT2D eigenvalue weighted by molar-refractivity contribution is 5.43. The van der Waals surface area contributed by atoms with Crippen LogP contribution in [-0.2, 0) is 0 Å². The number of hydrogen-bond acceptors (Lipinski definition) is 2. The molecular weight excluding hydrogens is 176 g/mol. The molecule has 0 spiro atoms. The summed E-state index contributed by atoms with van der Waals surface area (Å²) in [6, 6.07) is 1.83. The molecule has 0 amide bonds. The Bertz CT molecular complexity index is 368. The molecule has 0 aliphatic rings. The Kier molecular flexibility index (Phi) is 3.33. The van der Waals surface area contributed by atoms with Gasteiger partial charge in [-0.3, -0.25) is 4.79 Å². The average molecular weight is 194 g/mol. The fourth-order valence-electron chi connectivity index (χ4n) is 1.56. The van der Waals surface area contributed by atoms with E-state index in [1.165, 1.54) is 0 Å². The highest BCUT2D eigenvalue weighted by atomic mass is 16.1. The van der Waals surface area contributed by atoms with Crippen molar-refractivity contribution in [2.45, 2.75) is 39.7 Å². The van der Waals surface area contributed by atoms with Crippen molar-refractivity contribution >= 4 is 5.69 Å². The predicted octanol–water partition coefficient (Wildman–Crippen LogP) is 2.10. The van der Waals surface area contributed by atoms with E-state index in [2.05, 4.69) is 6.92 Å². The SMILES string of the molecule is CCCC(C)n1cc(N)c(C)cc1=O.